The molecule has 1 amide bonds. The van der Waals surface area contributed by atoms with E-state index in [4.69, 9.17) is 21.5 Å². The highest BCUT2D eigenvalue weighted by Gasteiger charge is 2.22. The summed E-state index contributed by atoms with van der Waals surface area (Å²) in [5, 5.41) is 15.6. The minimum atomic E-state index is -0.734. The van der Waals surface area contributed by atoms with E-state index in [1.165, 1.54) is 6.07 Å². The number of amides is 1. The number of aliphatic hydroxyl groups excluding tert-OH is 1. The Morgan fingerprint density at radius 3 is 2.96 bits per heavy atom. The average molecular weight is 462 g/mol. The Hall–Kier alpha value is -1.85. The molecule has 2 aromatic carbocycles. The van der Waals surface area contributed by atoms with Crippen LogP contribution in [0.15, 0.2) is 28.7 Å². The van der Waals surface area contributed by atoms with Gasteiger partial charge in [0.15, 0.2) is 5.82 Å². The fourth-order valence-corrected chi connectivity index (χ4v) is 3.45. The van der Waals surface area contributed by atoms with Gasteiger partial charge in [0, 0.05) is 4.47 Å². The van der Waals surface area contributed by atoms with Gasteiger partial charge in [0.25, 0.3) is 5.91 Å². The van der Waals surface area contributed by atoms with Gasteiger partial charge in [0.1, 0.15) is 5.52 Å². The first-order chi connectivity index (χ1) is 12.5. The molecule has 11 heteroatoms. The Kier molecular flexibility index (Phi) is 5.99. The summed E-state index contributed by atoms with van der Waals surface area (Å²) in [6.45, 7) is -0.369. The van der Waals surface area contributed by atoms with Crippen molar-refractivity contribution in [2.45, 2.75) is 0 Å². The minimum absolute atomic E-state index is 0.0158. The zero-order valence-corrected chi connectivity index (χ0v) is 16.1. The molecule has 0 atom stereocenters. The monoisotopic (exact) mass is 460 g/mol. The number of rotatable bonds is 6. The van der Waals surface area contributed by atoms with Crippen LogP contribution in [0.25, 0.3) is 10.2 Å². The van der Waals surface area contributed by atoms with Gasteiger partial charge >= 0.3 is 0 Å². The van der Waals surface area contributed by atoms with Crippen molar-refractivity contribution in [1.29, 1.82) is 0 Å². The third kappa shape index (κ3) is 3.94. The van der Waals surface area contributed by atoms with Crippen LogP contribution in [0.3, 0.4) is 0 Å². The summed E-state index contributed by atoms with van der Waals surface area (Å²) < 4.78 is 19.8. The molecule has 0 radical (unpaired) electrons. The number of nitrogens with one attached hydrogen (secondary N) is 2. The number of halogens is 3. The molecular weight excluding hydrogens is 451 g/mol. The Bertz CT molecular complexity index is 971. The highest BCUT2D eigenvalue weighted by molar-refractivity contribution is 9.10. The fraction of sp³-hybridized carbons (Fsp3) is 0.133. The quantitative estimate of drug-likeness (QED) is 0.383. The molecule has 0 spiro atoms. The van der Waals surface area contributed by atoms with Gasteiger partial charge in [-0.15, -0.1) is 5.10 Å². The molecule has 0 saturated carbocycles. The minimum Gasteiger partial charge on any atom is -0.394 e. The Morgan fingerprint density at radius 1 is 1.42 bits per heavy atom. The molecule has 7 nitrogen and oxygen atoms in total. The molecule has 0 bridgehead atoms. The van der Waals surface area contributed by atoms with Gasteiger partial charge in [-0.3, -0.25) is 9.63 Å². The van der Waals surface area contributed by atoms with Crippen molar-refractivity contribution in [2.75, 3.05) is 18.5 Å². The van der Waals surface area contributed by atoms with Crippen molar-refractivity contribution in [3.05, 3.63) is 45.1 Å². The summed E-state index contributed by atoms with van der Waals surface area (Å²) in [4.78, 5) is 17.2. The number of aliphatic hydroxyl groups is 1. The number of nitrogens with zero attached hydrogens (tertiary/aromatic N) is 2. The maximum absolute atomic E-state index is 14.9. The normalized spacial score (nSPS) is 10.9. The van der Waals surface area contributed by atoms with Gasteiger partial charge in [0.05, 0.1) is 39.9 Å². The van der Waals surface area contributed by atoms with Crippen molar-refractivity contribution in [3.63, 3.8) is 0 Å². The molecular formula is C15H11BrClFN4O3S. The summed E-state index contributed by atoms with van der Waals surface area (Å²) in [5.74, 6) is -1.43. The van der Waals surface area contributed by atoms with Crippen molar-refractivity contribution >= 4 is 66.6 Å². The topological polar surface area (TPSA) is 96.4 Å². The molecule has 0 fully saturated rings. The van der Waals surface area contributed by atoms with E-state index < -0.39 is 11.7 Å². The highest BCUT2D eigenvalue weighted by atomic mass is 79.9. The molecule has 1 aromatic heterocycles. The molecule has 0 aliphatic carbocycles. The largest absolute Gasteiger partial charge is 0.394 e. The molecule has 3 rings (SSSR count). The summed E-state index contributed by atoms with van der Waals surface area (Å²) in [5.41, 5.74) is 2.47. The predicted molar refractivity (Wildman–Crippen MR) is 100 cm³/mol. The molecule has 3 aromatic rings. The maximum atomic E-state index is 14.9. The van der Waals surface area contributed by atoms with Crippen molar-refractivity contribution in [3.8, 4) is 0 Å². The fourth-order valence-electron chi connectivity index (χ4n) is 2.13. The molecule has 136 valence electrons. The Labute approximate surface area is 164 Å². The van der Waals surface area contributed by atoms with E-state index in [0.717, 1.165) is 16.0 Å². The number of benzene rings is 2. The lowest BCUT2D eigenvalue weighted by atomic mass is 10.1. The van der Waals surface area contributed by atoms with E-state index in [1.54, 1.807) is 18.2 Å². The second kappa shape index (κ2) is 8.23. The first-order valence-electron chi connectivity index (χ1n) is 7.21. The second-order valence-corrected chi connectivity index (χ2v) is 7.09. The van der Waals surface area contributed by atoms with Crippen LogP contribution in [0.1, 0.15) is 10.4 Å². The second-order valence-electron chi connectivity index (χ2n) is 4.99. The van der Waals surface area contributed by atoms with E-state index in [1.807, 2.05) is 0 Å². The summed E-state index contributed by atoms with van der Waals surface area (Å²) >= 11 is 10.4. The van der Waals surface area contributed by atoms with Crippen LogP contribution in [0.2, 0.25) is 5.02 Å². The molecule has 0 unspecified atom stereocenters. The Balaban J connectivity index is 2.04. The number of hydroxylamine groups is 1. The molecule has 0 aliphatic rings. The first-order valence-corrected chi connectivity index (χ1v) is 9.15. The number of fused-ring (bicyclic) bond motifs is 1. The molecule has 0 aliphatic heterocycles. The van der Waals surface area contributed by atoms with Crippen molar-refractivity contribution in [1.82, 2.24) is 15.1 Å². The van der Waals surface area contributed by atoms with Crippen LogP contribution in [0, 0.1) is 5.82 Å². The molecule has 3 N–H and O–H groups in total. The zero-order chi connectivity index (χ0) is 18.7. The predicted octanol–water partition coefficient (Wildman–Crippen LogP) is 3.64. The van der Waals surface area contributed by atoms with Crippen LogP contribution in [0.4, 0.5) is 15.8 Å². The molecule has 26 heavy (non-hydrogen) atoms. The first kappa shape index (κ1) is 18.9. The van der Waals surface area contributed by atoms with Gasteiger partial charge in [-0.25, -0.2) is 9.87 Å². The molecule has 0 saturated heterocycles. The summed E-state index contributed by atoms with van der Waals surface area (Å²) in [6, 6.07) is 6.45. The lowest BCUT2D eigenvalue weighted by Gasteiger charge is -2.14. The van der Waals surface area contributed by atoms with E-state index in [-0.39, 0.29) is 30.0 Å². The van der Waals surface area contributed by atoms with Crippen LogP contribution < -0.4 is 10.8 Å². The van der Waals surface area contributed by atoms with Crippen LogP contribution in [0.5, 0.6) is 0 Å². The maximum Gasteiger partial charge on any atom is 0.277 e. The van der Waals surface area contributed by atoms with Gasteiger partial charge in [-0.1, -0.05) is 32.0 Å². The third-order valence-electron chi connectivity index (χ3n) is 3.28. The van der Waals surface area contributed by atoms with E-state index in [0.29, 0.717) is 15.4 Å². The van der Waals surface area contributed by atoms with Gasteiger partial charge < -0.3 is 10.4 Å². The summed E-state index contributed by atoms with van der Waals surface area (Å²) in [7, 11) is 0. The van der Waals surface area contributed by atoms with E-state index in [9.17, 15) is 9.18 Å². The molecule has 1 heterocycles. The SMILES string of the molecule is O=C(NOCCO)c1cc2snnc2c(F)c1Nc1ccc(Br)cc1Cl. The smallest absolute Gasteiger partial charge is 0.277 e. The van der Waals surface area contributed by atoms with Crippen LogP contribution in [-0.2, 0) is 4.84 Å². The average Bonchev–Trinajstić information content (AvgIpc) is 3.08. The van der Waals surface area contributed by atoms with Gasteiger partial charge in [-0.2, -0.15) is 0 Å². The summed E-state index contributed by atoms with van der Waals surface area (Å²) in [6.07, 6.45) is 0. The standard InChI is InChI=1S/C15H11BrClFN4O3S/c16-7-1-2-10(9(17)5-7)19-13-8(15(24)21-25-4-3-23)6-11-14(12(13)18)20-22-26-11/h1-2,5-6,19,23H,3-4H2,(H,21,24). The zero-order valence-electron chi connectivity index (χ0n) is 12.9. The van der Waals surface area contributed by atoms with Gasteiger partial charge in [0.2, 0.25) is 0 Å². The number of aromatic nitrogens is 2. The van der Waals surface area contributed by atoms with Crippen molar-refractivity contribution in [2.24, 2.45) is 0 Å². The number of carbonyl (C=O) groups is 1. The van der Waals surface area contributed by atoms with Crippen molar-refractivity contribution < 1.29 is 19.1 Å². The highest BCUT2D eigenvalue weighted by Crippen LogP contribution is 2.34. The lowest BCUT2D eigenvalue weighted by molar-refractivity contribution is 0.0169. The number of hydrogen-bond donors (Lipinski definition) is 3. The number of anilines is 2. The Morgan fingerprint density at radius 2 is 2.23 bits per heavy atom. The van der Waals surface area contributed by atoms with Crippen LogP contribution in [-0.4, -0.2) is 33.8 Å². The number of carbonyl (C=O) groups excluding carboxylic acids is 1. The lowest BCUT2D eigenvalue weighted by Crippen LogP contribution is -2.26. The van der Waals surface area contributed by atoms with Crippen LogP contribution >= 0.6 is 39.1 Å². The van der Waals surface area contributed by atoms with E-state index >= 15 is 0 Å². The third-order valence-corrected chi connectivity index (χ3v) is 4.76. The van der Waals surface area contributed by atoms with E-state index in [2.05, 4.69) is 36.3 Å². The number of hydrogen-bond acceptors (Lipinski definition) is 7. The van der Waals surface area contributed by atoms with Gasteiger partial charge in [-0.05, 0) is 35.8 Å².